The number of anilines is 2. The third-order valence-electron chi connectivity index (χ3n) is 4.22. The highest BCUT2D eigenvalue weighted by Gasteiger charge is 2.33. The molecule has 2 aromatic heterocycles. The van der Waals surface area contributed by atoms with Gasteiger partial charge in [0.1, 0.15) is 12.4 Å². The van der Waals surface area contributed by atoms with Gasteiger partial charge in [0.25, 0.3) is 5.91 Å². The molecule has 0 saturated heterocycles. The molecule has 0 saturated carbocycles. The van der Waals surface area contributed by atoms with Crippen LogP contribution >= 0.6 is 23.2 Å². The number of allylic oxidation sites excluding steroid dienone is 1. The van der Waals surface area contributed by atoms with Crippen molar-refractivity contribution >= 4 is 40.7 Å². The van der Waals surface area contributed by atoms with Crippen molar-refractivity contribution in [2.24, 2.45) is 0 Å². The number of carbonyl (C=O) groups excluding carboxylic acids is 1. The van der Waals surface area contributed by atoms with Gasteiger partial charge in [-0.25, -0.2) is 4.68 Å². The highest BCUT2D eigenvalue weighted by molar-refractivity contribution is 6.42. The summed E-state index contributed by atoms with van der Waals surface area (Å²) in [6.45, 7) is 1.82. The van der Waals surface area contributed by atoms with Gasteiger partial charge in [0.2, 0.25) is 5.95 Å². The number of hydrogen-bond donors (Lipinski definition) is 2. The fourth-order valence-electron chi connectivity index (χ4n) is 3.01. The van der Waals surface area contributed by atoms with E-state index in [1.54, 1.807) is 41.3 Å². The minimum atomic E-state index is -0.504. The second-order valence-electron chi connectivity index (χ2n) is 5.96. The zero-order valence-electron chi connectivity index (χ0n) is 14.1. The number of amides is 1. The van der Waals surface area contributed by atoms with E-state index in [0.717, 1.165) is 5.56 Å². The molecule has 1 aromatic carbocycles. The molecule has 1 aliphatic rings. The van der Waals surface area contributed by atoms with Crippen molar-refractivity contribution in [3.8, 4) is 0 Å². The quantitative estimate of drug-likeness (QED) is 0.695. The lowest BCUT2D eigenvalue weighted by Crippen LogP contribution is -2.31. The van der Waals surface area contributed by atoms with Crippen molar-refractivity contribution in [2.45, 2.75) is 13.0 Å². The summed E-state index contributed by atoms with van der Waals surface area (Å²) in [5.74, 6) is 0.270. The van der Waals surface area contributed by atoms with Crippen LogP contribution in [0.5, 0.6) is 0 Å². The van der Waals surface area contributed by atoms with Gasteiger partial charge in [-0.2, -0.15) is 10.1 Å². The summed E-state index contributed by atoms with van der Waals surface area (Å²) in [6.07, 6.45) is 4.66. The van der Waals surface area contributed by atoms with Crippen molar-refractivity contribution < 1.29 is 4.79 Å². The normalized spacial score (nSPS) is 15.9. The van der Waals surface area contributed by atoms with Crippen LogP contribution in [0.25, 0.3) is 0 Å². The zero-order valence-corrected chi connectivity index (χ0v) is 15.7. The second kappa shape index (κ2) is 7.02. The van der Waals surface area contributed by atoms with Crippen molar-refractivity contribution in [3.05, 3.63) is 75.9 Å². The molecule has 136 valence electrons. The zero-order chi connectivity index (χ0) is 19.0. The largest absolute Gasteiger partial charge is 0.328 e. The molecule has 4 rings (SSSR count). The van der Waals surface area contributed by atoms with E-state index in [4.69, 9.17) is 23.2 Å². The summed E-state index contributed by atoms with van der Waals surface area (Å²) in [4.78, 5) is 21.3. The fraction of sp³-hybridized carbons (Fsp3) is 0.111. The summed E-state index contributed by atoms with van der Waals surface area (Å²) in [5.41, 5.74) is 2.54. The average Bonchev–Trinajstić information content (AvgIpc) is 3.11. The molecular weight excluding hydrogens is 387 g/mol. The van der Waals surface area contributed by atoms with Gasteiger partial charge in [0.05, 0.1) is 27.5 Å². The van der Waals surface area contributed by atoms with E-state index in [2.05, 4.69) is 25.7 Å². The Hall–Kier alpha value is -2.90. The lowest BCUT2D eigenvalue weighted by Gasteiger charge is -2.28. The van der Waals surface area contributed by atoms with Crippen molar-refractivity contribution in [1.29, 1.82) is 0 Å². The fourth-order valence-corrected chi connectivity index (χ4v) is 3.32. The minimum Gasteiger partial charge on any atom is -0.328 e. The summed E-state index contributed by atoms with van der Waals surface area (Å²) in [5, 5.41) is 11.1. The Morgan fingerprint density at radius 3 is 2.85 bits per heavy atom. The predicted octanol–water partition coefficient (Wildman–Crippen LogP) is 3.91. The monoisotopic (exact) mass is 400 g/mol. The van der Waals surface area contributed by atoms with E-state index in [1.807, 2.05) is 13.0 Å². The number of nitrogens with one attached hydrogen (secondary N) is 2. The van der Waals surface area contributed by atoms with E-state index < -0.39 is 6.04 Å². The van der Waals surface area contributed by atoms with Gasteiger partial charge >= 0.3 is 0 Å². The Balaban J connectivity index is 1.79. The van der Waals surface area contributed by atoms with Crippen molar-refractivity contribution in [1.82, 2.24) is 19.7 Å². The molecule has 27 heavy (non-hydrogen) atoms. The van der Waals surface area contributed by atoms with Crippen molar-refractivity contribution in [2.75, 3.05) is 10.6 Å². The Morgan fingerprint density at radius 2 is 2.11 bits per heavy atom. The molecule has 9 heteroatoms. The Bertz CT molecular complexity index is 1050. The first-order valence-electron chi connectivity index (χ1n) is 8.08. The number of hydrogen-bond acceptors (Lipinski definition) is 5. The molecule has 1 unspecified atom stereocenters. The van der Waals surface area contributed by atoms with Crippen LogP contribution in [0.3, 0.4) is 0 Å². The van der Waals surface area contributed by atoms with Crippen LogP contribution in [0, 0.1) is 0 Å². The Kier molecular flexibility index (Phi) is 4.55. The van der Waals surface area contributed by atoms with Gasteiger partial charge in [0.15, 0.2) is 0 Å². The summed E-state index contributed by atoms with van der Waals surface area (Å²) in [6, 6.07) is 8.27. The van der Waals surface area contributed by atoms with Gasteiger partial charge in [0, 0.05) is 11.9 Å². The Morgan fingerprint density at radius 1 is 1.26 bits per heavy atom. The van der Waals surface area contributed by atoms with Crippen molar-refractivity contribution in [3.63, 3.8) is 0 Å². The molecule has 0 aliphatic carbocycles. The van der Waals surface area contributed by atoms with Crippen LogP contribution < -0.4 is 10.6 Å². The molecule has 0 spiro atoms. The lowest BCUT2D eigenvalue weighted by atomic mass is 9.95. The van der Waals surface area contributed by atoms with Crippen LogP contribution in [0.1, 0.15) is 18.5 Å². The third-order valence-corrected chi connectivity index (χ3v) is 4.96. The van der Waals surface area contributed by atoms with E-state index in [0.29, 0.717) is 33.0 Å². The maximum absolute atomic E-state index is 13.1. The van der Waals surface area contributed by atoms with Crippen LogP contribution in [0.2, 0.25) is 10.0 Å². The lowest BCUT2D eigenvalue weighted by molar-refractivity contribution is -0.113. The van der Waals surface area contributed by atoms with Gasteiger partial charge in [-0.05, 0) is 36.8 Å². The predicted molar refractivity (Wildman–Crippen MR) is 104 cm³/mol. The first kappa shape index (κ1) is 17.5. The number of benzene rings is 1. The standard InChI is InChI=1S/C18H14Cl2N6O/c1-10-15(17(27)25-12-3-2-6-21-8-12)16(26-18(24-10)22-9-23-26)11-4-5-13(19)14(20)7-11/h2-9,16H,1H3,(H,25,27)(H,22,23,24). The number of aromatic nitrogens is 4. The minimum absolute atomic E-state index is 0.273. The smallest absolute Gasteiger partial charge is 0.255 e. The van der Waals surface area contributed by atoms with Gasteiger partial charge in [-0.15, -0.1) is 0 Å². The van der Waals surface area contributed by atoms with E-state index in [1.165, 1.54) is 6.33 Å². The number of rotatable bonds is 3. The maximum Gasteiger partial charge on any atom is 0.255 e. The molecule has 3 aromatic rings. The molecule has 0 fully saturated rings. The van der Waals surface area contributed by atoms with Gasteiger partial charge in [-0.3, -0.25) is 9.78 Å². The molecular formula is C18H14Cl2N6O. The highest BCUT2D eigenvalue weighted by atomic mass is 35.5. The molecule has 0 bridgehead atoms. The van der Waals surface area contributed by atoms with Crippen LogP contribution in [-0.4, -0.2) is 25.7 Å². The SMILES string of the molecule is CC1=C(C(=O)Nc2cccnc2)C(c2ccc(Cl)c(Cl)c2)n2ncnc2N1. The summed E-state index contributed by atoms with van der Waals surface area (Å²) >= 11 is 12.3. The number of nitrogens with zero attached hydrogens (tertiary/aromatic N) is 4. The van der Waals surface area contributed by atoms with Gasteiger partial charge < -0.3 is 10.6 Å². The molecule has 1 amide bonds. The number of halogens is 2. The number of pyridine rings is 1. The number of carbonyl (C=O) groups is 1. The third kappa shape index (κ3) is 3.27. The molecule has 7 nitrogen and oxygen atoms in total. The molecule has 2 N–H and O–H groups in total. The molecule has 0 radical (unpaired) electrons. The second-order valence-corrected chi connectivity index (χ2v) is 6.78. The topological polar surface area (TPSA) is 84.7 Å². The van der Waals surface area contributed by atoms with Crippen LogP contribution in [0.4, 0.5) is 11.6 Å². The molecule has 3 heterocycles. The number of fused-ring (bicyclic) bond motifs is 1. The first-order valence-corrected chi connectivity index (χ1v) is 8.84. The van der Waals surface area contributed by atoms with Crippen LogP contribution in [-0.2, 0) is 4.79 Å². The average molecular weight is 401 g/mol. The summed E-state index contributed by atoms with van der Waals surface area (Å²) < 4.78 is 1.64. The highest BCUT2D eigenvalue weighted by Crippen LogP contribution is 2.37. The molecule has 1 atom stereocenters. The summed E-state index contributed by atoms with van der Waals surface area (Å²) in [7, 11) is 0. The van der Waals surface area contributed by atoms with E-state index in [-0.39, 0.29) is 5.91 Å². The van der Waals surface area contributed by atoms with E-state index >= 15 is 0 Å². The van der Waals surface area contributed by atoms with Crippen LogP contribution in [0.15, 0.2) is 60.3 Å². The van der Waals surface area contributed by atoms with E-state index in [9.17, 15) is 4.79 Å². The Labute approximate surface area is 165 Å². The molecule has 1 aliphatic heterocycles. The van der Waals surface area contributed by atoms with Gasteiger partial charge in [-0.1, -0.05) is 29.3 Å². The maximum atomic E-state index is 13.1. The first-order chi connectivity index (χ1) is 13.0.